The van der Waals surface area contributed by atoms with Crippen LogP contribution in [0.4, 0.5) is 10.1 Å². The summed E-state index contributed by atoms with van der Waals surface area (Å²) < 4.78 is 20.9. The Morgan fingerprint density at radius 2 is 1.97 bits per heavy atom. The van der Waals surface area contributed by atoms with Gasteiger partial charge in [-0.2, -0.15) is 4.39 Å². The fourth-order valence-corrected chi connectivity index (χ4v) is 4.95. The van der Waals surface area contributed by atoms with Crippen molar-refractivity contribution in [1.82, 2.24) is 14.8 Å². The molecule has 2 aliphatic rings. The average molecular weight is 502 g/mol. The molecule has 0 saturated heterocycles. The number of hydrogen-bond donors (Lipinski definition) is 1. The molecule has 1 aliphatic heterocycles. The molecular formula is C28H28FN5OS. The molecule has 1 N–H and O–H groups in total. The Morgan fingerprint density at radius 3 is 2.75 bits per heavy atom. The molecule has 1 aromatic heterocycles. The van der Waals surface area contributed by atoms with Gasteiger partial charge < -0.3 is 10.1 Å². The van der Waals surface area contributed by atoms with E-state index in [0.717, 1.165) is 27.9 Å². The molecular weight excluding hydrogens is 473 g/mol. The van der Waals surface area contributed by atoms with Crippen molar-refractivity contribution >= 4 is 28.3 Å². The van der Waals surface area contributed by atoms with Crippen molar-refractivity contribution in [3.63, 3.8) is 0 Å². The monoisotopic (exact) mass is 501 g/mol. The first-order valence-corrected chi connectivity index (χ1v) is 12.8. The molecule has 0 bridgehead atoms. The Balaban J connectivity index is 1.25. The fourth-order valence-electron chi connectivity index (χ4n) is 3.97. The van der Waals surface area contributed by atoms with Crippen LogP contribution in [0.2, 0.25) is 0 Å². The predicted octanol–water partition coefficient (Wildman–Crippen LogP) is 6.92. The summed E-state index contributed by atoms with van der Waals surface area (Å²) in [6.45, 7) is 4.88. The number of anilines is 1. The number of nitrogens with one attached hydrogen (secondary N) is 1. The average Bonchev–Trinajstić information content (AvgIpc) is 3.46. The van der Waals surface area contributed by atoms with Gasteiger partial charge in [0.05, 0.1) is 11.7 Å². The van der Waals surface area contributed by atoms with Crippen LogP contribution in [0.3, 0.4) is 0 Å². The van der Waals surface area contributed by atoms with Crippen LogP contribution in [0.25, 0.3) is 17.1 Å². The standard InChI is InChI=1S/C28H28FN5OS/c1-19-6-4-7-21(16-19)25-17-36-27(32-25)31-22-12-10-20(11-13-22)26-30-18-34(33-26)23-8-5-9-24(15-14-23)35-28(2,3)29/h4-8,10-16,18,25H,9,17H2,1-3H3,(H,31,32). The molecule has 36 heavy (non-hydrogen) atoms. The summed E-state index contributed by atoms with van der Waals surface area (Å²) in [4.78, 5) is 9.33. The molecule has 1 aliphatic carbocycles. The Hall–Kier alpha value is -3.65. The number of ether oxygens (including phenoxy) is 1. The van der Waals surface area contributed by atoms with Crippen LogP contribution in [0.1, 0.15) is 37.4 Å². The van der Waals surface area contributed by atoms with Gasteiger partial charge in [0.25, 0.3) is 0 Å². The van der Waals surface area contributed by atoms with Gasteiger partial charge in [-0.15, -0.1) is 5.10 Å². The van der Waals surface area contributed by atoms with E-state index in [-0.39, 0.29) is 6.04 Å². The molecule has 184 valence electrons. The SMILES string of the molecule is Cc1cccc(C2CSC(Nc3ccc(-c4ncn(C5=CC=C(OC(C)(C)F)CC=C5)n4)cc3)=N2)c1. The molecule has 0 spiro atoms. The van der Waals surface area contributed by atoms with Crippen LogP contribution in [-0.4, -0.2) is 31.5 Å². The first-order valence-electron chi connectivity index (χ1n) is 11.8. The predicted molar refractivity (Wildman–Crippen MR) is 145 cm³/mol. The maximum atomic E-state index is 13.8. The van der Waals surface area contributed by atoms with Gasteiger partial charge in [-0.1, -0.05) is 47.7 Å². The summed E-state index contributed by atoms with van der Waals surface area (Å²) in [6.07, 6.45) is 9.65. The van der Waals surface area contributed by atoms with E-state index in [1.165, 1.54) is 25.0 Å². The number of allylic oxidation sites excluding steroid dienone is 5. The number of thioether (sulfide) groups is 1. The lowest BCUT2D eigenvalue weighted by molar-refractivity contribution is -0.0802. The minimum atomic E-state index is -1.72. The number of benzene rings is 2. The Kier molecular flexibility index (Phi) is 6.78. The molecule has 0 radical (unpaired) electrons. The minimum Gasteiger partial charge on any atom is -0.463 e. The molecule has 0 fully saturated rings. The zero-order chi connectivity index (χ0) is 25.1. The Labute approximate surface area is 214 Å². The number of rotatable bonds is 6. The summed E-state index contributed by atoms with van der Waals surface area (Å²) in [6, 6.07) is 16.7. The lowest BCUT2D eigenvalue weighted by Gasteiger charge is -2.18. The van der Waals surface area contributed by atoms with E-state index in [1.54, 1.807) is 28.8 Å². The highest BCUT2D eigenvalue weighted by Crippen LogP contribution is 2.31. The van der Waals surface area contributed by atoms with Gasteiger partial charge in [0.15, 0.2) is 11.0 Å². The molecule has 5 rings (SSSR count). The third-order valence-electron chi connectivity index (χ3n) is 5.65. The zero-order valence-corrected chi connectivity index (χ0v) is 21.3. The van der Waals surface area contributed by atoms with Crippen LogP contribution in [0.5, 0.6) is 0 Å². The highest BCUT2D eigenvalue weighted by molar-refractivity contribution is 8.14. The number of alkyl halides is 1. The summed E-state index contributed by atoms with van der Waals surface area (Å²) in [5, 5.41) is 8.97. The molecule has 6 nitrogen and oxygen atoms in total. The molecule has 8 heteroatoms. The van der Waals surface area contributed by atoms with Crippen molar-refractivity contribution < 1.29 is 9.13 Å². The summed E-state index contributed by atoms with van der Waals surface area (Å²) in [7, 11) is 0. The number of nitrogens with zero attached hydrogens (tertiary/aromatic N) is 4. The highest BCUT2D eigenvalue weighted by atomic mass is 32.2. The Bertz CT molecular complexity index is 1370. The van der Waals surface area contributed by atoms with E-state index in [2.05, 4.69) is 46.6 Å². The molecule has 1 atom stereocenters. The van der Waals surface area contributed by atoms with E-state index in [4.69, 9.17) is 9.73 Å². The summed E-state index contributed by atoms with van der Waals surface area (Å²) in [5.41, 5.74) is 5.21. The largest absolute Gasteiger partial charge is 0.463 e. The lowest BCUT2D eigenvalue weighted by atomic mass is 10.1. The molecule has 2 heterocycles. The quantitative estimate of drug-likeness (QED) is 0.397. The molecule has 2 aromatic carbocycles. The second kappa shape index (κ2) is 10.1. The van der Waals surface area contributed by atoms with Gasteiger partial charge >= 0.3 is 0 Å². The topological polar surface area (TPSA) is 64.3 Å². The third-order valence-corrected chi connectivity index (χ3v) is 6.61. The van der Waals surface area contributed by atoms with Crippen LogP contribution in [0.15, 0.2) is 89.9 Å². The zero-order valence-electron chi connectivity index (χ0n) is 20.5. The van der Waals surface area contributed by atoms with E-state index < -0.39 is 5.85 Å². The number of halogens is 1. The van der Waals surface area contributed by atoms with Crippen LogP contribution in [0, 0.1) is 6.92 Å². The summed E-state index contributed by atoms with van der Waals surface area (Å²) in [5.74, 6) is 0.403. The van der Waals surface area contributed by atoms with Gasteiger partial charge in [-0.25, -0.2) is 9.67 Å². The van der Waals surface area contributed by atoms with Gasteiger partial charge in [-0.3, -0.25) is 4.99 Å². The van der Waals surface area contributed by atoms with Crippen LogP contribution < -0.4 is 5.32 Å². The molecule has 0 amide bonds. The number of amidine groups is 1. The van der Waals surface area contributed by atoms with Gasteiger partial charge in [0.2, 0.25) is 5.85 Å². The smallest absolute Gasteiger partial charge is 0.242 e. The summed E-state index contributed by atoms with van der Waals surface area (Å²) >= 11 is 1.73. The van der Waals surface area contributed by atoms with Crippen molar-refractivity contribution in [2.24, 2.45) is 4.99 Å². The fraction of sp³-hybridized carbons (Fsp3) is 0.250. The number of aliphatic imine (C=N–C) groups is 1. The number of aromatic nitrogens is 3. The van der Waals surface area contributed by atoms with E-state index in [0.29, 0.717) is 18.0 Å². The minimum absolute atomic E-state index is 0.179. The second-order valence-corrected chi connectivity index (χ2v) is 10.2. The van der Waals surface area contributed by atoms with Gasteiger partial charge in [-0.05, 0) is 55.0 Å². The molecule has 1 unspecified atom stereocenters. The Morgan fingerprint density at radius 1 is 1.14 bits per heavy atom. The van der Waals surface area contributed by atoms with E-state index in [1.807, 2.05) is 42.5 Å². The van der Waals surface area contributed by atoms with Crippen LogP contribution in [-0.2, 0) is 4.74 Å². The van der Waals surface area contributed by atoms with Crippen molar-refractivity contribution in [2.45, 2.75) is 39.1 Å². The number of hydrogen-bond acceptors (Lipinski definition) is 6. The van der Waals surface area contributed by atoms with Crippen molar-refractivity contribution in [1.29, 1.82) is 0 Å². The van der Waals surface area contributed by atoms with E-state index in [9.17, 15) is 4.39 Å². The first kappa shape index (κ1) is 24.1. The number of aryl methyl sites for hydroxylation is 1. The maximum absolute atomic E-state index is 13.8. The van der Waals surface area contributed by atoms with Gasteiger partial charge in [0.1, 0.15) is 12.1 Å². The lowest BCUT2D eigenvalue weighted by Crippen LogP contribution is -2.16. The van der Waals surface area contributed by atoms with Gasteiger partial charge in [0, 0.05) is 37.3 Å². The van der Waals surface area contributed by atoms with Crippen molar-refractivity contribution in [3.05, 3.63) is 96.0 Å². The second-order valence-electron chi connectivity index (χ2n) is 9.19. The normalized spacial score (nSPS) is 17.8. The maximum Gasteiger partial charge on any atom is 0.242 e. The first-order chi connectivity index (χ1) is 17.3. The third kappa shape index (κ3) is 5.94. The van der Waals surface area contributed by atoms with Crippen molar-refractivity contribution in [2.75, 3.05) is 11.1 Å². The molecule has 3 aromatic rings. The van der Waals surface area contributed by atoms with E-state index >= 15 is 0 Å². The van der Waals surface area contributed by atoms with Crippen LogP contribution >= 0.6 is 11.8 Å². The van der Waals surface area contributed by atoms with Crippen molar-refractivity contribution in [3.8, 4) is 11.4 Å². The molecule has 0 saturated carbocycles. The highest BCUT2D eigenvalue weighted by Gasteiger charge is 2.20.